The molecular weight excluding hydrogens is 254 g/mol. The standard InChI is InChI=1S/C15H25N3O2/c1-10-7-11(17-9-15(2,3)18(4)5)8-12(13(10)16)14(19)20-6/h7-8,17H,9,16H2,1-6H3. The van der Waals surface area contributed by atoms with Gasteiger partial charge in [0.2, 0.25) is 0 Å². The fourth-order valence-electron chi connectivity index (χ4n) is 1.66. The van der Waals surface area contributed by atoms with Gasteiger partial charge in [0.15, 0.2) is 0 Å². The number of nitrogen functional groups attached to an aromatic ring is 1. The molecule has 0 unspecified atom stereocenters. The third-order valence-electron chi connectivity index (χ3n) is 3.73. The summed E-state index contributed by atoms with van der Waals surface area (Å²) in [6.07, 6.45) is 0. The lowest BCUT2D eigenvalue weighted by Gasteiger charge is -2.33. The number of likely N-dealkylation sites (N-methyl/N-ethyl adjacent to an activating group) is 1. The molecule has 0 aliphatic heterocycles. The number of nitrogens with one attached hydrogen (secondary N) is 1. The molecule has 5 nitrogen and oxygen atoms in total. The number of aryl methyl sites for hydroxylation is 1. The summed E-state index contributed by atoms with van der Waals surface area (Å²) < 4.78 is 4.76. The van der Waals surface area contributed by atoms with Crippen molar-refractivity contribution in [1.82, 2.24) is 4.90 Å². The normalized spacial score (nSPS) is 11.6. The second kappa shape index (κ2) is 6.13. The number of carbonyl (C=O) groups excluding carboxylic acids is 1. The largest absolute Gasteiger partial charge is 0.465 e. The number of hydrogen-bond donors (Lipinski definition) is 2. The van der Waals surface area contributed by atoms with E-state index in [2.05, 4.69) is 24.1 Å². The van der Waals surface area contributed by atoms with Gasteiger partial charge in [-0.15, -0.1) is 0 Å². The quantitative estimate of drug-likeness (QED) is 0.638. The van der Waals surface area contributed by atoms with Crippen molar-refractivity contribution in [3.05, 3.63) is 23.3 Å². The van der Waals surface area contributed by atoms with Crippen molar-refractivity contribution in [2.45, 2.75) is 26.3 Å². The minimum atomic E-state index is -0.416. The lowest BCUT2D eigenvalue weighted by molar-refractivity contribution is 0.0602. The Hall–Kier alpha value is -1.75. The molecule has 0 aliphatic carbocycles. The first-order chi connectivity index (χ1) is 9.19. The van der Waals surface area contributed by atoms with E-state index in [-0.39, 0.29) is 5.54 Å². The van der Waals surface area contributed by atoms with Crippen LogP contribution in [0.3, 0.4) is 0 Å². The van der Waals surface area contributed by atoms with E-state index in [1.807, 2.05) is 27.1 Å². The summed E-state index contributed by atoms with van der Waals surface area (Å²) in [4.78, 5) is 13.9. The van der Waals surface area contributed by atoms with Gasteiger partial charge in [0.05, 0.1) is 12.7 Å². The zero-order valence-electron chi connectivity index (χ0n) is 13.2. The Morgan fingerprint density at radius 3 is 2.50 bits per heavy atom. The number of nitrogens with zero attached hydrogens (tertiary/aromatic N) is 1. The molecule has 1 aromatic carbocycles. The van der Waals surface area contributed by atoms with Crippen molar-refractivity contribution in [2.24, 2.45) is 0 Å². The van der Waals surface area contributed by atoms with E-state index in [4.69, 9.17) is 10.5 Å². The zero-order valence-corrected chi connectivity index (χ0v) is 13.2. The number of carbonyl (C=O) groups is 1. The molecule has 0 atom stereocenters. The van der Waals surface area contributed by atoms with Crippen LogP contribution in [0.15, 0.2) is 12.1 Å². The van der Waals surface area contributed by atoms with E-state index in [0.29, 0.717) is 11.3 Å². The molecule has 112 valence electrons. The minimum Gasteiger partial charge on any atom is -0.465 e. The molecule has 1 aromatic rings. The molecule has 0 bridgehead atoms. The molecule has 0 aliphatic rings. The molecular formula is C15H25N3O2. The predicted octanol–water partition coefficient (Wildman–Crippen LogP) is 2.12. The van der Waals surface area contributed by atoms with Crippen LogP contribution in [0.2, 0.25) is 0 Å². The monoisotopic (exact) mass is 279 g/mol. The van der Waals surface area contributed by atoms with E-state index < -0.39 is 5.97 Å². The van der Waals surface area contributed by atoms with Crippen LogP contribution in [0, 0.1) is 6.92 Å². The number of methoxy groups -OCH3 is 1. The average Bonchev–Trinajstić information content (AvgIpc) is 2.38. The number of hydrogen-bond acceptors (Lipinski definition) is 5. The van der Waals surface area contributed by atoms with Gasteiger partial charge in [-0.3, -0.25) is 0 Å². The van der Waals surface area contributed by atoms with E-state index in [9.17, 15) is 4.79 Å². The van der Waals surface area contributed by atoms with Gasteiger partial charge in [-0.2, -0.15) is 0 Å². The van der Waals surface area contributed by atoms with Crippen LogP contribution in [-0.2, 0) is 4.74 Å². The second-order valence-corrected chi connectivity index (χ2v) is 5.81. The molecule has 1 rings (SSSR count). The highest BCUT2D eigenvalue weighted by molar-refractivity contribution is 5.97. The maximum atomic E-state index is 11.7. The molecule has 0 spiro atoms. The van der Waals surface area contributed by atoms with Crippen molar-refractivity contribution in [3.63, 3.8) is 0 Å². The Kier molecular flexibility index (Phi) is 5.00. The minimum absolute atomic E-state index is 0.000714. The van der Waals surface area contributed by atoms with Crippen LogP contribution in [0.1, 0.15) is 29.8 Å². The first-order valence-corrected chi connectivity index (χ1v) is 6.59. The van der Waals surface area contributed by atoms with Crippen LogP contribution >= 0.6 is 0 Å². The average molecular weight is 279 g/mol. The molecule has 3 N–H and O–H groups in total. The number of nitrogens with two attached hydrogens (primary N) is 1. The Morgan fingerprint density at radius 1 is 1.40 bits per heavy atom. The fourth-order valence-corrected chi connectivity index (χ4v) is 1.66. The van der Waals surface area contributed by atoms with Gasteiger partial charge in [0.25, 0.3) is 0 Å². The van der Waals surface area contributed by atoms with Crippen LogP contribution < -0.4 is 11.1 Å². The van der Waals surface area contributed by atoms with Crippen LogP contribution in [0.25, 0.3) is 0 Å². The summed E-state index contributed by atoms with van der Waals surface area (Å²) in [6, 6.07) is 3.67. The van der Waals surface area contributed by atoms with Gasteiger partial charge in [0.1, 0.15) is 0 Å². The van der Waals surface area contributed by atoms with Crippen LogP contribution in [0.4, 0.5) is 11.4 Å². The lowest BCUT2D eigenvalue weighted by Crippen LogP contribution is -2.44. The number of benzene rings is 1. The van der Waals surface area contributed by atoms with Crippen molar-refractivity contribution in [1.29, 1.82) is 0 Å². The molecule has 0 saturated heterocycles. The van der Waals surface area contributed by atoms with Crippen molar-refractivity contribution >= 4 is 17.3 Å². The highest BCUT2D eigenvalue weighted by atomic mass is 16.5. The third-order valence-corrected chi connectivity index (χ3v) is 3.73. The fraction of sp³-hybridized carbons (Fsp3) is 0.533. The molecule has 0 fully saturated rings. The summed E-state index contributed by atoms with van der Waals surface area (Å²) in [6.45, 7) is 6.92. The highest BCUT2D eigenvalue weighted by Crippen LogP contribution is 2.24. The SMILES string of the molecule is COC(=O)c1cc(NCC(C)(C)N(C)C)cc(C)c1N. The van der Waals surface area contributed by atoms with Crippen molar-refractivity contribution in [3.8, 4) is 0 Å². The maximum Gasteiger partial charge on any atom is 0.340 e. The van der Waals surface area contributed by atoms with E-state index in [0.717, 1.165) is 17.8 Å². The number of rotatable bonds is 5. The third kappa shape index (κ3) is 3.63. The Balaban J connectivity index is 2.98. The van der Waals surface area contributed by atoms with Gasteiger partial charge >= 0.3 is 5.97 Å². The van der Waals surface area contributed by atoms with Crippen molar-refractivity contribution in [2.75, 3.05) is 38.8 Å². The molecule has 0 saturated carbocycles. The molecule has 20 heavy (non-hydrogen) atoms. The zero-order chi connectivity index (χ0) is 15.5. The van der Waals surface area contributed by atoms with Gasteiger partial charge in [-0.1, -0.05) is 0 Å². The van der Waals surface area contributed by atoms with E-state index >= 15 is 0 Å². The topological polar surface area (TPSA) is 67.6 Å². The maximum absolute atomic E-state index is 11.7. The molecule has 0 radical (unpaired) electrons. The number of esters is 1. The van der Waals surface area contributed by atoms with Gasteiger partial charge in [0, 0.05) is 23.5 Å². The molecule has 0 aromatic heterocycles. The summed E-state index contributed by atoms with van der Waals surface area (Å²) in [5.41, 5.74) is 8.52. The molecule has 0 heterocycles. The smallest absolute Gasteiger partial charge is 0.340 e. The summed E-state index contributed by atoms with van der Waals surface area (Å²) >= 11 is 0. The molecule has 5 heteroatoms. The van der Waals surface area contributed by atoms with Crippen LogP contribution in [-0.4, -0.2) is 44.2 Å². The highest BCUT2D eigenvalue weighted by Gasteiger charge is 2.20. The Morgan fingerprint density at radius 2 is 2.00 bits per heavy atom. The summed E-state index contributed by atoms with van der Waals surface area (Å²) in [7, 11) is 5.43. The molecule has 0 amide bonds. The lowest BCUT2D eigenvalue weighted by atomic mass is 10.0. The number of ether oxygens (including phenoxy) is 1. The van der Waals surface area contributed by atoms with Gasteiger partial charge < -0.3 is 20.7 Å². The first kappa shape index (κ1) is 16.3. The Labute approximate surface area is 121 Å². The van der Waals surface area contributed by atoms with Crippen LogP contribution in [0.5, 0.6) is 0 Å². The second-order valence-electron chi connectivity index (χ2n) is 5.81. The Bertz CT molecular complexity index is 496. The van der Waals surface area contributed by atoms with Crippen molar-refractivity contribution < 1.29 is 9.53 Å². The summed E-state index contributed by atoms with van der Waals surface area (Å²) in [5.74, 6) is -0.416. The number of anilines is 2. The van der Waals surface area contributed by atoms with Gasteiger partial charge in [-0.05, 0) is 52.6 Å². The van der Waals surface area contributed by atoms with E-state index in [1.54, 1.807) is 6.07 Å². The first-order valence-electron chi connectivity index (χ1n) is 6.59. The predicted molar refractivity (Wildman–Crippen MR) is 83.2 cm³/mol. The summed E-state index contributed by atoms with van der Waals surface area (Å²) in [5, 5.41) is 3.35. The van der Waals surface area contributed by atoms with E-state index in [1.165, 1.54) is 7.11 Å². The van der Waals surface area contributed by atoms with Gasteiger partial charge in [-0.25, -0.2) is 4.79 Å².